The molecule has 154 valence electrons. The van der Waals surface area contributed by atoms with Crippen molar-refractivity contribution in [3.05, 3.63) is 88.4 Å². The van der Waals surface area contributed by atoms with Crippen LogP contribution in [0.5, 0.6) is 0 Å². The summed E-state index contributed by atoms with van der Waals surface area (Å²) in [4.78, 5) is 26.8. The van der Waals surface area contributed by atoms with E-state index in [1.165, 1.54) is 30.3 Å². The van der Waals surface area contributed by atoms with E-state index < -0.39 is 17.0 Å². The molecule has 0 amide bonds. The fraction of sp³-hybridized carbons (Fsp3) is 0.0909. The Balaban J connectivity index is 1.43. The zero-order valence-corrected chi connectivity index (χ0v) is 16.3. The number of fused-ring (bicyclic) bond motifs is 1. The van der Waals surface area contributed by atoms with Gasteiger partial charge in [-0.1, -0.05) is 24.3 Å². The highest BCUT2D eigenvalue weighted by molar-refractivity contribution is 5.92. The third-order valence-electron chi connectivity index (χ3n) is 4.47. The van der Waals surface area contributed by atoms with Crippen LogP contribution in [0.1, 0.15) is 24.5 Å². The quantitative estimate of drug-likeness (QED) is 0.195. The Kier molecular flexibility index (Phi) is 5.48. The Morgan fingerprint density at radius 3 is 2.68 bits per heavy atom. The van der Waals surface area contributed by atoms with Gasteiger partial charge in [0, 0.05) is 40.9 Å². The van der Waals surface area contributed by atoms with Crippen LogP contribution < -0.4 is 0 Å². The van der Waals surface area contributed by atoms with Crippen molar-refractivity contribution in [1.82, 2.24) is 15.2 Å². The first-order chi connectivity index (χ1) is 15.0. The fourth-order valence-electron chi connectivity index (χ4n) is 2.93. The summed E-state index contributed by atoms with van der Waals surface area (Å²) in [6.45, 7) is 1.61. The van der Waals surface area contributed by atoms with Crippen molar-refractivity contribution < 1.29 is 18.9 Å². The second-order valence-electron chi connectivity index (χ2n) is 6.58. The van der Waals surface area contributed by atoms with Crippen molar-refractivity contribution in [1.29, 1.82) is 0 Å². The van der Waals surface area contributed by atoms with Crippen LogP contribution in [-0.4, -0.2) is 26.1 Å². The Bertz CT molecular complexity index is 1280. The number of para-hydroxylation sites is 1. The monoisotopic (exact) mass is 416 g/mol. The number of carbonyl (C=O) groups is 1. The smallest absolute Gasteiger partial charge is 0.331 e. The number of hydrogen-bond acceptors (Lipinski definition) is 8. The number of nitrogens with zero attached hydrogens (tertiary/aromatic N) is 4. The average molecular weight is 416 g/mol. The SMILES string of the molecule is CC(OC(=O)/C=C/c1cccc2cccnc12)c1nnc(-c2ccc([N+](=O)[O-])cc2)o1. The standard InChI is InChI=1S/C22H16N4O5/c1-14(21-24-25-22(31-21)17-7-10-18(11-8-17)26(28)29)30-19(27)12-9-16-5-2-4-15-6-3-13-23-20(15)16/h2-14H,1H3/b12-9+. The number of pyridine rings is 1. The van der Waals surface area contributed by atoms with E-state index in [4.69, 9.17) is 9.15 Å². The molecular weight excluding hydrogens is 400 g/mol. The average Bonchev–Trinajstić information content (AvgIpc) is 3.28. The molecule has 4 aromatic rings. The molecule has 0 aliphatic rings. The van der Waals surface area contributed by atoms with Crippen LogP contribution in [0.15, 0.2) is 71.3 Å². The number of aromatic nitrogens is 3. The summed E-state index contributed by atoms with van der Waals surface area (Å²) >= 11 is 0. The van der Waals surface area contributed by atoms with Crippen LogP contribution >= 0.6 is 0 Å². The van der Waals surface area contributed by atoms with Crippen molar-refractivity contribution >= 4 is 28.6 Å². The van der Waals surface area contributed by atoms with Gasteiger partial charge in [-0.15, -0.1) is 10.2 Å². The zero-order chi connectivity index (χ0) is 21.8. The molecule has 2 aromatic carbocycles. The molecule has 2 aromatic heterocycles. The molecule has 9 nitrogen and oxygen atoms in total. The van der Waals surface area contributed by atoms with Gasteiger partial charge in [0.1, 0.15) is 0 Å². The van der Waals surface area contributed by atoms with Crippen LogP contribution in [0.4, 0.5) is 5.69 Å². The maximum Gasteiger partial charge on any atom is 0.331 e. The van der Waals surface area contributed by atoms with Gasteiger partial charge in [-0.05, 0) is 31.2 Å². The molecule has 1 atom stereocenters. The van der Waals surface area contributed by atoms with Crippen molar-refractivity contribution in [2.75, 3.05) is 0 Å². The van der Waals surface area contributed by atoms with E-state index in [9.17, 15) is 14.9 Å². The van der Waals surface area contributed by atoms with Gasteiger partial charge in [0.05, 0.1) is 10.4 Å². The third kappa shape index (κ3) is 4.45. The van der Waals surface area contributed by atoms with Crippen LogP contribution in [0.3, 0.4) is 0 Å². The van der Waals surface area contributed by atoms with E-state index in [0.717, 1.165) is 16.5 Å². The lowest BCUT2D eigenvalue weighted by molar-refractivity contribution is -0.384. The lowest BCUT2D eigenvalue weighted by atomic mass is 10.1. The minimum absolute atomic E-state index is 0.0426. The van der Waals surface area contributed by atoms with Crippen LogP contribution in [0.25, 0.3) is 28.4 Å². The third-order valence-corrected chi connectivity index (χ3v) is 4.47. The Hall–Kier alpha value is -4.40. The molecule has 0 saturated carbocycles. The fourth-order valence-corrected chi connectivity index (χ4v) is 2.93. The summed E-state index contributed by atoms with van der Waals surface area (Å²) in [6.07, 6.45) is 3.87. The number of nitro benzene ring substituents is 1. The van der Waals surface area contributed by atoms with Gasteiger partial charge in [0.25, 0.3) is 11.6 Å². The number of hydrogen-bond donors (Lipinski definition) is 0. The summed E-state index contributed by atoms with van der Waals surface area (Å²) in [5.41, 5.74) is 2.05. The highest BCUT2D eigenvalue weighted by Gasteiger charge is 2.18. The van der Waals surface area contributed by atoms with Gasteiger partial charge in [-0.25, -0.2) is 4.79 Å². The largest absolute Gasteiger partial charge is 0.449 e. The maximum atomic E-state index is 12.2. The molecular formula is C22H16N4O5. The topological polar surface area (TPSA) is 121 Å². The first kappa shape index (κ1) is 19.9. The molecule has 9 heteroatoms. The highest BCUT2D eigenvalue weighted by Crippen LogP contribution is 2.24. The predicted molar refractivity (Wildman–Crippen MR) is 112 cm³/mol. The van der Waals surface area contributed by atoms with Gasteiger partial charge < -0.3 is 9.15 Å². The van der Waals surface area contributed by atoms with Crippen molar-refractivity contribution in [2.24, 2.45) is 0 Å². The number of ether oxygens (including phenoxy) is 1. The number of non-ortho nitro benzene ring substituents is 1. The molecule has 0 radical (unpaired) electrons. The second-order valence-corrected chi connectivity index (χ2v) is 6.58. The molecule has 0 saturated heterocycles. The molecule has 0 spiro atoms. The minimum atomic E-state index is -0.776. The first-order valence-electron chi connectivity index (χ1n) is 9.32. The van der Waals surface area contributed by atoms with Gasteiger partial charge >= 0.3 is 5.97 Å². The van der Waals surface area contributed by atoms with Crippen molar-refractivity contribution in [3.8, 4) is 11.5 Å². The number of rotatable bonds is 6. The van der Waals surface area contributed by atoms with E-state index in [1.807, 2.05) is 30.3 Å². The van der Waals surface area contributed by atoms with Crippen molar-refractivity contribution in [3.63, 3.8) is 0 Å². The zero-order valence-electron chi connectivity index (χ0n) is 16.3. The number of nitro groups is 1. The van der Waals surface area contributed by atoms with Gasteiger partial charge in [-0.3, -0.25) is 15.1 Å². The number of benzene rings is 2. The van der Waals surface area contributed by atoms with Crippen LogP contribution in [0, 0.1) is 10.1 Å². The maximum absolute atomic E-state index is 12.2. The Labute approximate surface area is 176 Å². The molecule has 4 rings (SSSR count). The van der Waals surface area contributed by atoms with E-state index in [2.05, 4.69) is 15.2 Å². The van der Waals surface area contributed by atoms with E-state index in [0.29, 0.717) is 5.56 Å². The summed E-state index contributed by atoms with van der Waals surface area (Å²) in [7, 11) is 0. The van der Waals surface area contributed by atoms with Gasteiger partial charge in [0.15, 0.2) is 6.10 Å². The molecule has 0 aliphatic carbocycles. The molecule has 0 N–H and O–H groups in total. The number of esters is 1. The molecule has 0 bridgehead atoms. The molecule has 1 unspecified atom stereocenters. The first-order valence-corrected chi connectivity index (χ1v) is 9.32. The highest BCUT2D eigenvalue weighted by atomic mass is 16.6. The van der Waals surface area contributed by atoms with Gasteiger partial charge in [0.2, 0.25) is 5.89 Å². The molecule has 0 fully saturated rings. The second kappa shape index (κ2) is 8.54. The van der Waals surface area contributed by atoms with Crippen LogP contribution in [0.2, 0.25) is 0 Å². The Morgan fingerprint density at radius 1 is 1.13 bits per heavy atom. The summed E-state index contributed by atoms with van der Waals surface area (Å²) in [5.74, 6) is -0.289. The number of carbonyl (C=O) groups excluding carboxylic acids is 1. The van der Waals surface area contributed by atoms with E-state index >= 15 is 0 Å². The molecule has 0 aliphatic heterocycles. The summed E-state index contributed by atoms with van der Waals surface area (Å²) in [6, 6.07) is 15.2. The lowest BCUT2D eigenvalue weighted by Gasteiger charge is -2.07. The van der Waals surface area contributed by atoms with Gasteiger partial charge in [-0.2, -0.15) is 0 Å². The predicted octanol–water partition coefficient (Wildman–Crippen LogP) is 4.51. The summed E-state index contributed by atoms with van der Waals surface area (Å²) in [5, 5.41) is 19.5. The molecule has 2 heterocycles. The van der Waals surface area contributed by atoms with Crippen LogP contribution in [-0.2, 0) is 9.53 Å². The van der Waals surface area contributed by atoms with E-state index in [-0.39, 0.29) is 17.5 Å². The lowest BCUT2D eigenvalue weighted by Crippen LogP contribution is -2.06. The molecule has 31 heavy (non-hydrogen) atoms. The Morgan fingerprint density at radius 2 is 1.90 bits per heavy atom. The minimum Gasteiger partial charge on any atom is -0.449 e. The summed E-state index contributed by atoms with van der Waals surface area (Å²) < 4.78 is 10.9. The van der Waals surface area contributed by atoms with Crippen molar-refractivity contribution in [2.45, 2.75) is 13.0 Å². The normalized spacial score (nSPS) is 12.2. The van der Waals surface area contributed by atoms with E-state index in [1.54, 1.807) is 19.2 Å².